The first kappa shape index (κ1) is 13.2. The van der Waals surface area contributed by atoms with Crippen molar-refractivity contribution in [3.8, 4) is 23.0 Å². The highest BCUT2D eigenvalue weighted by Crippen LogP contribution is 2.28. The number of hydrogen-bond donors (Lipinski definition) is 1. The summed E-state index contributed by atoms with van der Waals surface area (Å²) in [6.07, 6.45) is 0. The van der Waals surface area contributed by atoms with Crippen LogP contribution in [0.2, 0.25) is 5.02 Å². The van der Waals surface area contributed by atoms with Gasteiger partial charge in [0.05, 0.1) is 5.02 Å². The van der Waals surface area contributed by atoms with Gasteiger partial charge in [0.1, 0.15) is 16.5 Å². The van der Waals surface area contributed by atoms with E-state index in [2.05, 4.69) is 15.1 Å². The van der Waals surface area contributed by atoms with E-state index >= 15 is 0 Å². The van der Waals surface area contributed by atoms with Crippen LogP contribution in [-0.4, -0.2) is 15.1 Å². The topological polar surface area (TPSA) is 77.8 Å². The van der Waals surface area contributed by atoms with Gasteiger partial charge in [0.25, 0.3) is 5.89 Å². The zero-order valence-electron chi connectivity index (χ0n) is 10.0. The third-order valence-corrected chi connectivity index (χ3v) is 3.73. The Labute approximate surface area is 122 Å². The van der Waals surface area contributed by atoms with Gasteiger partial charge in [-0.25, -0.2) is 9.37 Å². The quantitative estimate of drug-likeness (QED) is 0.804. The molecule has 0 bridgehead atoms. The van der Waals surface area contributed by atoms with Gasteiger partial charge in [0.2, 0.25) is 5.82 Å². The van der Waals surface area contributed by atoms with E-state index in [0.717, 1.165) is 5.01 Å². The number of thiazole rings is 1. The van der Waals surface area contributed by atoms with E-state index in [4.69, 9.17) is 21.9 Å². The van der Waals surface area contributed by atoms with Crippen molar-refractivity contribution in [1.29, 1.82) is 0 Å². The number of nitrogens with zero attached hydrogens (tertiary/aromatic N) is 3. The molecule has 5 nitrogen and oxygen atoms in total. The van der Waals surface area contributed by atoms with Crippen LogP contribution >= 0.6 is 22.9 Å². The van der Waals surface area contributed by atoms with E-state index < -0.39 is 5.82 Å². The summed E-state index contributed by atoms with van der Waals surface area (Å²) in [5, 5.41) is 6.61. The minimum Gasteiger partial charge on any atom is -0.332 e. The van der Waals surface area contributed by atoms with Gasteiger partial charge in [-0.1, -0.05) is 16.8 Å². The summed E-state index contributed by atoms with van der Waals surface area (Å²) in [4.78, 5) is 8.45. The minimum absolute atomic E-state index is 0.221. The molecule has 0 saturated carbocycles. The molecule has 0 atom stereocenters. The zero-order valence-corrected chi connectivity index (χ0v) is 11.6. The van der Waals surface area contributed by atoms with Gasteiger partial charge in [-0.05, 0) is 18.2 Å². The van der Waals surface area contributed by atoms with Crippen molar-refractivity contribution < 1.29 is 8.91 Å². The van der Waals surface area contributed by atoms with Gasteiger partial charge >= 0.3 is 0 Å². The average molecular weight is 311 g/mol. The molecule has 0 radical (unpaired) electrons. The van der Waals surface area contributed by atoms with Crippen molar-refractivity contribution in [1.82, 2.24) is 15.1 Å². The van der Waals surface area contributed by atoms with Gasteiger partial charge in [0.15, 0.2) is 0 Å². The van der Waals surface area contributed by atoms with Gasteiger partial charge in [0, 0.05) is 17.5 Å². The molecule has 0 unspecified atom stereocenters. The summed E-state index contributed by atoms with van der Waals surface area (Å²) in [5.41, 5.74) is 6.56. The molecular weight excluding hydrogens is 303 g/mol. The predicted molar refractivity (Wildman–Crippen MR) is 73.7 cm³/mol. The Morgan fingerprint density at radius 3 is 2.90 bits per heavy atom. The summed E-state index contributed by atoms with van der Waals surface area (Å²) < 4.78 is 18.1. The molecule has 8 heteroatoms. The maximum atomic E-state index is 13.0. The number of halogens is 2. The molecule has 0 fully saturated rings. The second kappa shape index (κ2) is 5.28. The third-order valence-electron chi connectivity index (χ3n) is 2.54. The lowest BCUT2D eigenvalue weighted by Crippen LogP contribution is -1.94. The maximum Gasteiger partial charge on any atom is 0.277 e. The van der Waals surface area contributed by atoms with E-state index in [1.807, 2.05) is 0 Å². The van der Waals surface area contributed by atoms with E-state index in [9.17, 15) is 4.39 Å². The fourth-order valence-corrected chi connectivity index (χ4v) is 2.51. The lowest BCUT2D eigenvalue weighted by atomic mass is 10.2. The second-order valence-corrected chi connectivity index (χ2v) is 5.23. The van der Waals surface area contributed by atoms with Crippen LogP contribution in [0.4, 0.5) is 4.39 Å². The Balaban J connectivity index is 1.97. The zero-order chi connectivity index (χ0) is 14.1. The van der Waals surface area contributed by atoms with Crippen LogP contribution in [0.15, 0.2) is 28.1 Å². The lowest BCUT2D eigenvalue weighted by Gasteiger charge is -1.97. The van der Waals surface area contributed by atoms with Crippen molar-refractivity contribution in [2.45, 2.75) is 6.54 Å². The summed E-state index contributed by atoms with van der Waals surface area (Å²) in [6.45, 7) is 0.357. The molecule has 3 rings (SSSR count). The number of benzene rings is 1. The molecule has 3 aromatic rings. The highest BCUT2D eigenvalue weighted by molar-refractivity contribution is 7.09. The molecule has 0 aliphatic heterocycles. The smallest absolute Gasteiger partial charge is 0.277 e. The van der Waals surface area contributed by atoms with Crippen molar-refractivity contribution >= 4 is 22.9 Å². The number of rotatable bonds is 3. The van der Waals surface area contributed by atoms with Crippen LogP contribution in [0.25, 0.3) is 23.0 Å². The molecule has 2 N–H and O–H groups in total. The van der Waals surface area contributed by atoms with Gasteiger partial charge in [-0.2, -0.15) is 4.98 Å². The number of hydrogen-bond acceptors (Lipinski definition) is 6. The Bertz CT molecular complexity index is 758. The Hall–Kier alpha value is -1.83. The van der Waals surface area contributed by atoms with Crippen molar-refractivity contribution in [3.05, 3.63) is 39.4 Å². The second-order valence-electron chi connectivity index (χ2n) is 3.88. The molecule has 102 valence electrons. The molecule has 0 aliphatic rings. The summed E-state index contributed by atoms with van der Waals surface area (Å²) >= 11 is 7.37. The monoisotopic (exact) mass is 310 g/mol. The summed E-state index contributed by atoms with van der Waals surface area (Å²) in [6, 6.07) is 3.98. The Morgan fingerprint density at radius 1 is 1.35 bits per heavy atom. The first-order valence-corrected chi connectivity index (χ1v) is 6.87. The van der Waals surface area contributed by atoms with Crippen LogP contribution in [0.3, 0.4) is 0 Å². The third kappa shape index (κ3) is 2.43. The standard InChI is InChI=1S/C12H8ClFN4OS/c13-8-3-6(14)1-2-7(8)11-17-12(19-18-11)9-5-20-10(4-15)16-9/h1-3,5H,4,15H2. The van der Waals surface area contributed by atoms with E-state index in [0.29, 0.717) is 17.8 Å². The first-order chi connectivity index (χ1) is 9.67. The Morgan fingerprint density at radius 2 is 2.20 bits per heavy atom. The Kier molecular flexibility index (Phi) is 3.47. The molecule has 20 heavy (non-hydrogen) atoms. The van der Waals surface area contributed by atoms with E-state index in [1.54, 1.807) is 5.38 Å². The maximum absolute atomic E-state index is 13.0. The lowest BCUT2D eigenvalue weighted by molar-refractivity contribution is 0.431. The predicted octanol–water partition coefficient (Wildman–Crippen LogP) is 3.11. The van der Waals surface area contributed by atoms with Crippen LogP contribution in [-0.2, 0) is 6.54 Å². The fourth-order valence-electron chi connectivity index (χ4n) is 1.61. The largest absolute Gasteiger partial charge is 0.332 e. The van der Waals surface area contributed by atoms with Crippen molar-refractivity contribution in [2.24, 2.45) is 5.73 Å². The van der Waals surface area contributed by atoms with E-state index in [1.165, 1.54) is 29.5 Å². The minimum atomic E-state index is -0.422. The van der Waals surface area contributed by atoms with Crippen LogP contribution in [0.5, 0.6) is 0 Å². The molecule has 0 saturated heterocycles. The van der Waals surface area contributed by atoms with Crippen LogP contribution in [0.1, 0.15) is 5.01 Å². The molecular formula is C12H8ClFN4OS. The van der Waals surface area contributed by atoms with Crippen molar-refractivity contribution in [3.63, 3.8) is 0 Å². The molecule has 2 heterocycles. The molecule has 1 aromatic carbocycles. The van der Waals surface area contributed by atoms with Crippen molar-refractivity contribution in [2.75, 3.05) is 0 Å². The highest BCUT2D eigenvalue weighted by Gasteiger charge is 2.15. The van der Waals surface area contributed by atoms with Gasteiger partial charge < -0.3 is 10.3 Å². The molecule has 0 aliphatic carbocycles. The average Bonchev–Trinajstić information content (AvgIpc) is 3.07. The highest BCUT2D eigenvalue weighted by atomic mass is 35.5. The van der Waals surface area contributed by atoms with E-state index in [-0.39, 0.29) is 16.7 Å². The normalized spacial score (nSPS) is 10.9. The molecule has 0 amide bonds. The summed E-state index contributed by atoms with van der Waals surface area (Å²) in [7, 11) is 0. The molecule has 0 spiro atoms. The van der Waals surface area contributed by atoms with Gasteiger partial charge in [-0.15, -0.1) is 11.3 Å². The number of aromatic nitrogens is 3. The number of nitrogens with two attached hydrogens (primary N) is 1. The summed E-state index contributed by atoms with van der Waals surface area (Å²) in [5.74, 6) is 0.137. The SMILES string of the molecule is NCc1nc(-c2nc(-c3ccc(F)cc3Cl)no2)cs1. The van der Waals surface area contributed by atoms with Gasteiger partial charge in [-0.3, -0.25) is 0 Å². The van der Waals surface area contributed by atoms with Crippen LogP contribution in [0, 0.1) is 5.82 Å². The van der Waals surface area contributed by atoms with Crippen LogP contribution < -0.4 is 5.73 Å². The first-order valence-electron chi connectivity index (χ1n) is 5.61. The molecule has 2 aromatic heterocycles. The fraction of sp³-hybridized carbons (Fsp3) is 0.0833.